The Morgan fingerprint density at radius 2 is 2.12 bits per heavy atom. The third kappa shape index (κ3) is 2.04. The summed E-state index contributed by atoms with van der Waals surface area (Å²) in [5, 5.41) is 0. The van der Waals surface area contributed by atoms with E-state index in [4.69, 9.17) is 6.42 Å². The van der Waals surface area contributed by atoms with Crippen LogP contribution in [0.1, 0.15) is 40.1 Å². The number of terminal acetylenes is 1. The summed E-state index contributed by atoms with van der Waals surface area (Å²) in [7, 11) is 0. The first-order chi connectivity index (χ1) is 8.25. The molecule has 0 saturated heterocycles. The number of hydrogen-bond donors (Lipinski definition) is 0. The quantitative estimate of drug-likeness (QED) is 0.445. The smallest absolute Gasteiger partial charge is 0.273 e. The minimum absolute atomic E-state index is 0.251. The van der Waals surface area contributed by atoms with Gasteiger partial charge in [-0.05, 0) is 25.0 Å². The number of carbonyl (C=O) groups is 2. The van der Waals surface area contributed by atoms with E-state index < -0.39 is 0 Å². The Hall–Kier alpha value is -2.15. The number of hydrogen-bond acceptors (Lipinski definition) is 3. The second kappa shape index (κ2) is 4.79. The van der Waals surface area contributed by atoms with E-state index in [-0.39, 0.29) is 17.5 Å². The van der Waals surface area contributed by atoms with Crippen molar-refractivity contribution in [2.45, 2.75) is 19.3 Å². The van der Waals surface area contributed by atoms with Gasteiger partial charge in [0.25, 0.3) is 11.8 Å². The molecule has 2 heterocycles. The minimum Gasteiger partial charge on any atom is -0.273 e. The van der Waals surface area contributed by atoms with Gasteiger partial charge >= 0.3 is 0 Å². The van der Waals surface area contributed by atoms with Gasteiger partial charge in [-0.25, -0.2) is 0 Å². The van der Waals surface area contributed by atoms with Crippen LogP contribution in [0, 0.1) is 12.3 Å². The predicted octanol–water partition coefficient (Wildman–Crippen LogP) is 1.48. The molecule has 1 aromatic heterocycles. The van der Waals surface area contributed by atoms with E-state index in [1.54, 1.807) is 12.1 Å². The summed E-state index contributed by atoms with van der Waals surface area (Å²) in [5.74, 6) is 1.98. The molecule has 0 unspecified atom stereocenters. The van der Waals surface area contributed by atoms with Crippen molar-refractivity contribution < 1.29 is 9.59 Å². The van der Waals surface area contributed by atoms with Crippen molar-refractivity contribution in [1.82, 2.24) is 9.88 Å². The number of amides is 2. The zero-order valence-corrected chi connectivity index (χ0v) is 9.35. The standard InChI is InChI=1S/C13H12N2O2/c1-2-3-4-5-9-15-12(16)10-7-6-8-14-11(10)13(15)17/h1,6-8H,3-5,9H2. The maximum Gasteiger partial charge on any atom is 0.280 e. The van der Waals surface area contributed by atoms with Crippen molar-refractivity contribution in [3.63, 3.8) is 0 Å². The molecule has 4 heteroatoms. The molecule has 0 aromatic carbocycles. The van der Waals surface area contributed by atoms with Crippen LogP contribution in [0.3, 0.4) is 0 Å². The van der Waals surface area contributed by atoms with Gasteiger partial charge < -0.3 is 0 Å². The molecule has 0 fully saturated rings. The van der Waals surface area contributed by atoms with E-state index in [2.05, 4.69) is 10.9 Å². The number of rotatable bonds is 4. The van der Waals surface area contributed by atoms with Crippen molar-refractivity contribution in [1.29, 1.82) is 0 Å². The lowest BCUT2D eigenvalue weighted by Gasteiger charge is -2.12. The van der Waals surface area contributed by atoms with Gasteiger partial charge in [0.1, 0.15) is 5.69 Å². The molecule has 0 N–H and O–H groups in total. The number of fused-ring (bicyclic) bond motifs is 1. The molecule has 1 aliphatic rings. The molecule has 0 bridgehead atoms. The number of pyridine rings is 1. The number of nitrogens with zero attached hydrogens (tertiary/aromatic N) is 2. The average molecular weight is 228 g/mol. The Bertz CT molecular complexity index is 467. The lowest BCUT2D eigenvalue weighted by molar-refractivity contribution is 0.0650. The van der Waals surface area contributed by atoms with Crippen LogP contribution in [0.15, 0.2) is 18.3 Å². The van der Waals surface area contributed by atoms with E-state index in [9.17, 15) is 9.59 Å². The summed E-state index contributed by atoms with van der Waals surface area (Å²) >= 11 is 0. The molecule has 2 amide bonds. The van der Waals surface area contributed by atoms with Gasteiger partial charge in [0.2, 0.25) is 0 Å². The van der Waals surface area contributed by atoms with Gasteiger partial charge in [0.05, 0.1) is 5.56 Å². The molecule has 86 valence electrons. The Kier molecular flexibility index (Phi) is 3.20. The van der Waals surface area contributed by atoms with Crippen LogP contribution >= 0.6 is 0 Å². The van der Waals surface area contributed by atoms with Gasteiger partial charge in [-0.15, -0.1) is 12.3 Å². The maximum atomic E-state index is 11.9. The highest BCUT2D eigenvalue weighted by Crippen LogP contribution is 2.20. The van der Waals surface area contributed by atoms with Crippen molar-refractivity contribution in [3.8, 4) is 12.3 Å². The van der Waals surface area contributed by atoms with E-state index in [0.29, 0.717) is 18.5 Å². The fraction of sp³-hybridized carbons (Fsp3) is 0.308. The van der Waals surface area contributed by atoms with Crippen LogP contribution in [0.5, 0.6) is 0 Å². The summed E-state index contributed by atoms with van der Waals surface area (Å²) in [5.41, 5.74) is 0.656. The maximum absolute atomic E-state index is 11.9. The Labute approximate surface area is 99.6 Å². The summed E-state index contributed by atoms with van der Waals surface area (Å²) < 4.78 is 0. The van der Waals surface area contributed by atoms with Crippen LogP contribution in [-0.4, -0.2) is 28.2 Å². The topological polar surface area (TPSA) is 50.3 Å². The molecule has 1 aliphatic heterocycles. The van der Waals surface area contributed by atoms with Crippen LogP contribution in [0.2, 0.25) is 0 Å². The van der Waals surface area contributed by atoms with Crippen molar-refractivity contribution in [2.24, 2.45) is 0 Å². The highest BCUT2D eigenvalue weighted by atomic mass is 16.2. The fourth-order valence-electron chi connectivity index (χ4n) is 1.81. The minimum atomic E-state index is -0.300. The molecule has 0 spiro atoms. The zero-order chi connectivity index (χ0) is 12.3. The summed E-state index contributed by atoms with van der Waals surface area (Å²) in [6.07, 6.45) is 8.88. The van der Waals surface area contributed by atoms with Gasteiger partial charge in [-0.1, -0.05) is 0 Å². The molecule has 4 nitrogen and oxygen atoms in total. The SMILES string of the molecule is C#CCCCCN1C(=O)c2cccnc2C1=O. The van der Waals surface area contributed by atoms with Gasteiger partial charge in [-0.2, -0.15) is 0 Å². The third-order valence-electron chi connectivity index (χ3n) is 2.68. The normalized spacial score (nSPS) is 13.7. The van der Waals surface area contributed by atoms with Crippen LogP contribution in [-0.2, 0) is 0 Å². The number of imide groups is 1. The first-order valence-electron chi connectivity index (χ1n) is 5.50. The van der Waals surface area contributed by atoms with E-state index in [1.807, 2.05) is 0 Å². The van der Waals surface area contributed by atoms with E-state index >= 15 is 0 Å². The summed E-state index contributed by atoms with van der Waals surface area (Å²) in [6, 6.07) is 3.29. The van der Waals surface area contributed by atoms with Gasteiger partial charge in [0, 0.05) is 19.2 Å². The molecule has 2 rings (SSSR count). The molecule has 0 saturated carbocycles. The zero-order valence-electron chi connectivity index (χ0n) is 9.35. The number of unbranched alkanes of at least 4 members (excludes halogenated alkanes) is 2. The lowest BCUT2D eigenvalue weighted by atomic mass is 10.2. The second-order valence-electron chi connectivity index (χ2n) is 3.82. The highest BCUT2D eigenvalue weighted by molar-refractivity contribution is 6.20. The first kappa shape index (κ1) is 11.3. The van der Waals surface area contributed by atoms with Crippen LogP contribution < -0.4 is 0 Å². The van der Waals surface area contributed by atoms with Crippen molar-refractivity contribution in [2.75, 3.05) is 6.54 Å². The van der Waals surface area contributed by atoms with E-state index in [0.717, 1.165) is 12.8 Å². The van der Waals surface area contributed by atoms with Crippen molar-refractivity contribution >= 4 is 11.8 Å². The summed E-state index contributed by atoms with van der Waals surface area (Å²) in [4.78, 5) is 29.0. The molecule has 1 aromatic rings. The van der Waals surface area contributed by atoms with E-state index in [1.165, 1.54) is 11.1 Å². The number of aromatic nitrogens is 1. The fourth-order valence-corrected chi connectivity index (χ4v) is 1.81. The third-order valence-corrected chi connectivity index (χ3v) is 2.68. The molecular formula is C13H12N2O2. The Morgan fingerprint density at radius 3 is 2.82 bits per heavy atom. The predicted molar refractivity (Wildman–Crippen MR) is 62.3 cm³/mol. The first-order valence-corrected chi connectivity index (χ1v) is 5.50. The van der Waals surface area contributed by atoms with Crippen molar-refractivity contribution in [3.05, 3.63) is 29.6 Å². The Morgan fingerprint density at radius 1 is 1.29 bits per heavy atom. The van der Waals surface area contributed by atoms with Crippen LogP contribution in [0.4, 0.5) is 0 Å². The van der Waals surface area contributed by atoms with Gasteiger partial charge in [0.15, 0.2) is 0 Å². The second-order valence-corrected chi connectivity index (χ2v) is 3.82. The highest BCUT2D eigenvalue weighted by Gasteiger charge is 2.35. The van der Waals surface area contributed by atoms with Crippen LogP contribution in [0.25, 0.3) is 0 Å². The Balaban J connectivity index is 2.06. The molecule has 0 radical (unpaired) electrons. The molecule has 0 atom stereocenters. The monoisotopic (exact) mass is 228 g/mol. The molecule has 17 heavy (non-hydrogen) atoms. The largest absolute Gasteiger partial charge is 0.280 e. The lowest BCUT2D eigenvalue weighted by Crippen LogP contribution is -2.30. The summed E-state index contributed by atoms with van der Waals surface area (Å²) in [6.45, 7) is 0.412. The molecular weight excluding hydrogens is 216 g/mol. The van der Waals surface area contributed by atoms with Gasteiger partial charge in [-0.3, -0.25) is 19.5 Å². The number of carbonyl (C=O) groups excluding carboxylic acids is 2. The molecule has 0 aliphatic carbocycles. The average Bonchev–Trinajstić information content (AvgIpc) is 2.60.